The van der Waals surface area contributed by atoms with Crippen molar-refractivity contribution in [2.75, 3.05) is 11.9 Å². The van der Waals surface area contributed by atoms with Crippen molar-refractivity contribution in [3.05, 3.63) is 35.5 Å². The van der Waals surface area contributed by atoms with Crippen molar-refractivity contribution in [1.29, 1.82) is 0 Å². The van der Waals surface area contributed by atoms with Crippen molar-refractivity contribution in [2.24, 2.45) is 5.92 Å². The van der Waals surface area contributed by atoms with E-state index in [0.29, 0.717) is 17.5 Å². The fourth-order valence-corrected chi connectivity index (χ4v) is 2.17. The summed E-state index contributed by atoms with van der Waals surface area (Å²) in [6.07, 6.45) is 1.71. The maximum atomic E-state index is 12.0. The summed E-state index contributed by atoms with van der Waals surface area (Å²) in [6, 6.07) is 7.09. The van der Waals surface area contributed by atoms with E-state index in [1.807, 2.05) is 31.2 Å². The maximum Gasteiger partial charge on any atom is 0.242 e. The Morgan fingerprint density at radius 1 is 1.29 bits per heavy atom. The molecule has 112 valence electrons. The lowest BCUT2D eigenvalue weighted by atomic mass is 10.1. The van der Waals surface area contributed by atoms with Crippen LogP contribution in [0.15, 0.2) is 30.5 Å². The Labute approximate surface area is 129 Å². The Morgan fingerprint density at radius 3 is 2.76 bits per heavy atom. The van der Waals surface area contributed by atoms with Crippen molar-refractivity contribution in [3.63, 3.8) is 0 Å². The average Bonchev–Trinajstić information content (AvgIpc) is 2.44. The number of aromatic nitrogens is 1. The van der Waals surface area contributed by atoms with Gasteiger partial charge in [-0.2, -0.15) is 0 Å². The van der Waals surface area contributed by atoms with Gasteiger partial charge < -0.3 is 10.6 Å². The fraction of sp³-hybridized carbons (Fsp3) is 0.375. The third-order valence-corrected chi connectivity index (χ3v) is 3.39. The Bertz CT molecular complexity index is 642. The van der Waals surface area contributed by atoms with Gasteiger partial charge >= 0.3 is 0 Å². The van der Waals surface area contributed by atoms with Crippen LogP contribution in [-0.2, 0) is 4.79 Å². The molecule has 21 heavy (non-hydrogen) atoms. The molecule has 2 N–H and O–H groups in total. The van der Waals surface area contributed by atoms with Crippen LogP contribution in [0.4, 0.5) is 5.69 Å². The summed E-state index contributed by atoms with van der Waals surface area (Å²) in [6.45, 7) is 6.66. The minimum atomic E-state index is -0.315. The number of rotatable bonds is 5. The number of fused-ring (bicyclic) bond motifs is 1. The van der Waals surface area contributed by atoms with Gasteiger partial charge in [0.05, 0.1) is 5.52 Å². The van der Waals surface area contributed by atoms with Crippen LogP contribution in [0.3, 0.4) is 0 Å². The van der Waals surface area contributed by atoms with Gasteiger partial charge in [-0.05, 0) is 37.1 Å². The van der Waals surface area contributed by atoms with E-state index in [4.69, 9.17) is 11.6 Å². The number of halogens is 1. The highest BCUT2D eigenvalue weighted by atomic mass is 35.5. The van der Waals surface area contributed by atoms with Gasteiger partial charge in [0.1, 0.15) is 6.04 Å². The van der Waals surface area contributed by atoms with Crippen LogP contribution in [0.1, 0.15) is 20.8 Å². The van der Waals surface area contributed by atoms with Gasteiger partial charge in [0, 0.05) is 28.8 Å². The Balaban J connectivity index is 2.14. The highest BCUT2D eigenvalue weighted by Crippen LogP contribution is 2.24. The first-order valence-electron chi connectivity index (χ1n) is 7.06. The molecule has 2 aromatic rings. The summed E-state index contributed by atoms with van der Waals surface area (Å²) in [5, 5.41) is 7.75. The fourth-order valence-electron chi connectivity index (χ4n) is 2.00. The number of pyridine rings is 1. The zero-order valence-corrected chi connectivity index (χ0v) is 13.2. The molecule has 0 saturated carbocycles. The Morgan fingerprint density at radius 2 is 2.05 bits per heavy atom. The summed E-state index contributed by atoms with van der Waals surface area (Å²) >= 11 is 5.97. The van der Waals surface area contributed by atoms with Crippen molar-refractivity contribution < 1.29 is 4.79 Å². The average molecular weight is 306 g/mol. The van der Waals surface area contributed by atoms with Crippen LogP contribution in [0, 0.1) is 5.92 Å². The van der Waals surface area contributed by atoms with E-state index < -0.39 is 0 Å². The van der Waals surface area contributed by atoms with E-state index in [-0.39, 0.29) is 11.9 Å². The molecular weight excluding hydrogens is 286 g/mol. The predicted octanol–water partition coefficient (Wildman–Crippen LogP) is 3.46. The molecule has 0 fully saturated rings. The maximum absolute atomic E-state index is 12.0. The lowest BCUT2D eigenvalue weighted by molar-refractivity contribution is -0.121. The molecule has 0 spiro atoms. The van der Waals surface area contributed by atoms with Gasteiger partial charge in [-0.15, -0.1) is 0 Å². The molecule has 0 bridgehead atoms. The SMILES string of the molecule is CC(C)CNC(=O)C(C)Nc1ccnc2cc(Cl)ccc12. The highest BCUT2D eigenvalue weighted by molar-refractivity contribution is 6.31. The largest absolute Gasteiger partial charge is 0.373 e. The molecule has 0 aliphatic rings. The smallest absolute Gasteiger partial charge is 0.242 e. The summed E-state index contributed by atoms with van der Waals surface area (Å²) in [5.74, 6) is 0.424. The van der Waals surface area contributed by atoms with Gasteiger partial charge in [-0.1, -0.05) is 25.4 Å². The molecule has 1 unspecified atom stereocenters. The normalized spacial score (nSPS) is 12.4. The van der Waals surface area contributed by atoms with Crippen LogP contribution in [0.2, 0.25) is 5.02 Å². The van der Waals surface area contributed by atoms with E-state index in [0.717, 1.165) is 16.6 Å². The first kappa shape index (κ1) is 15.6. The number of carbonyl (C=O) groups is 1. The molecule has 2 rings (SSSR count). The second-order valence-corrected chi connectivity index (χ2v) is 5.96. The first-order chi connectivity index (χ1) is 9.97. The molecule has 1 aromatic carbocycles. The summed E-state index contributed by atoms with van der Waals surface area (Å²) < 4.78 is 0. The molecular formula is C16H20ClN3O. The molecule has 4 nitrogen and oxygen atoms in total. The Hall–Kier alpha value is -1.81. The van der Waals surface area contributed by atoms with Crippen molar-refractivity contribution in [2.45, 2.75) is 26.8 Å². The minimum absolute atomic E-state index is 0.0115. The summed E-state index contributed by atoms with van der Waals surface area (Å²) in [5.41, 5.74) is 1.69. The van der Waals surface area contributed by atoms with Crippen LogP contribution in [0.25, 0.3) is 10.9 Å². The van der Waals surface area contributed by atoms with E-state index in [9.17, 15) is 4.79 Å². The van der Waals surface area contributed by atoms with Gasteiger partial charge in [0.2, 0.25) is 5.91 Å². The zero-order valence-electron chi connectivity index (χ0n) is 12.5. The van der Waals surface area contributed by atoms with E-state index in [1.54, 1.807) is 6.20 Å². The second kappa shape index (κ2) is 6.76. The number of nitrogens with one attached hydrogen (secondary N) is 2. The number of benzene rings is 1. The topological polar surface area (TPSA) is 54.0 Å². The predicted molar refractivity (Wildman–Crippen MR) is 87.7 cm³/mol. The zero-order chi connectivity index (χ0) is 15.4. The van der Waals surface area contributed by atoms with Gasteiger partial charge in [0.15, 0.2) is 0 Å². The van der Waals surface area contributed by atoms with E-state index in [2.05, 4.69) is 29.5 Å². The highest BCUT2D eigenvalue weighted by Gasteiger charge is 2.14. The number of hydrogen-bond acceptors (Lipinski definition) is 3. The van der Waals surface area contributed by atoms with Crippen molar-refractivity contribution in [3.8, 4) is 0 Å². The number of nitrogens with zero attached hydrogens (tertiary/aromatic N) is 1. The molecule has 0 radical (unpaired) electrons. The number of amides is 1. The van der Waals surface area contributed by atoms with Gasteiger partial charge in [-0.3, -0.25) is 9.78 Å². The number of anilines is 1. The summed E-state index contributed by atoms with van der Waals surface area (Å²) in [7, 11) is 0. The number of hydrogen-bond donors (Lipinski definition) is 2. The molecule has 0 saturated heterocycles. The monoisotopic (exact) mass is 305 g/mol. The van der Waals surface area contributed by atoms with Gasteiger partial charge in [-0.25, -0.2) is 0 Å². The minimum Gasteiger partial charge on any atom is -0.373 e. The van der Waals surface area contributed by atoms with Crippen LogP contribution in [0.5, 0.6) is 0 Å². The molecule has 5 heteroatoms. The molecule has 0 aliphatic carbocycles. The Kier molecular flexibility index (Phi) is 5.02. The molecule has 0 aliphatic heterocycles. The van der Waals surface area contributed by atoms with Crippen LogP contribution < -0.4 is 10.6 Å². The van der Waals surface area contributed by atoms with Crippen LogP contribution in [-0.4, -0.2) is 23.5 Å². The van der Waals surface area contributed by atoms with Crippen molar-refractivity contribution in [1.82, 2.24) is 10.3 Å². The lowest BCUT2D eigenvalue weighted by Crippen LogP contribution is -2.39. The molecule has 1 amide bonds. The van der Waals surface area contributed by atoms with Crippen LogP contribution >= 0.6 is 11.6 Å². The van der Waals surface area contributed by atoms with Crippen molar-refractivity contribution >= 4 is 34.1 Å². The second-order valence-electron chi connectivity index (χ2n) is 5.53. The third-order valence-electron chi connectivity index (χ3n) is 3.15. The van der Waals surface area contributed by atoms with E-state index in [1.165, 1.54) is 0 Å². The van der Waals surface area contributed by atoms with E-state index >= 15 is 0 Å². The molecule has 1 atom stereocenters. The quantitative estimate of drug-likeness (QED) is 0.889. The summed E-state index contributed by atoms with van der Waals surface area (Å²) in [4.78, 5) is 16.3. The standard InChI is InChI=1S/C16H20ClN3O/c1-10(2)9-19-16(21)11(3)20-14-6-7-18-15-8-12(17)4-5-13(14)15/h4-8,10-11H,9H2,1-3H3,(H,18,20)(H,19,21). The van der Waals surface area contributed by atoms with Gasteiger partial charge in [0.25, 0.3) is 0 Å². The lowest BCUT2D eigenvalue weighted by Gasteiger charge is -2.17. The first-order valence-corrected chi connectivity index (χ1v) is 7.43. The third kappa shape index (κ3) is 4.08. The number of carbonyl (C=O) groups excluding carboxylic acids is 1. The molecule has 1 aromatic heterocycles. The molecule has 1 heterocycles.